The molecule has 3 unspecified atom stereocenters. The first-order valence-electron chi connectivity index (χ1n) is 26.3. The predicted octanol–water partition coefficient (Wildman–Crippen LogP) is 20.3. The standard InChI is InChI=1S/C52H44.C4H10.C3H6.2C3H8.C2H6/c1-2-44-45(41-24-13-21-38(33-41)36-17-5-3-6-18-36)31-16-32-46(44)42-25-14-22-39(34-42)40-23-15-26-43(35-40)52-50-30-12-10-28-48(50)47-27-9-11-29-49(47)51(52)37-19-7-4-8-20-37;1-3-4-2;1-2-3-1;2*1-3-2;1-2/h3-13,15-24,26-32,34-35,41,48,50H,2,14,25,33H2,1H3;3-4H2,1-2H3;1-3H2;2*3H2,1-2H3;1-2H3. The molecule has 0 aliphatic heterocycles. The van der Waals surface area contributed by atoms with Crippen LogP contribution in [0.5, 0.6) is 0 Å². The maximum Gasteiger partial charge on any atom is 0.0137 e. The predicted molar refractivity (Wildman–Crippen MR) is 299 cm³/mol. The van der Waals surface area contributed by atoms with Crippen LogP contribution in [0.1, 0.15) is 188 Å². The number of hydrogen-bond donors (Lipinski definition) is 0. The molecule has 0 bridgehead atoms. The van der Waals surface area contributed by atoms with Gasteiger partial charge in [0, 0.05) is 17.8 Å². The maximum atomic E-state index is 2.49. The van der Waals surface area contributed by atoms with Crippen molar-refractivity contribution in [3.63, 3.8) is 0 Å². The average molecular weight is 887 g/mol. The van der Waals surface area contributed by atoms with Crippen LogP contribution in [0, 0.1) is 5.92 Å². The Labute approximate surface area is 408 Å². The molecule has 0 radical (unpaired) electrons. The monoisotopic (exact) mass is 887 g/mol. The van der Waals surface area contributed by atoms with Crippen LogP contribution in [0.25, 0.3) is 27.9 Å². The third-order valence-electron chi connectivity index (χ3n) is 12.4. The number of benzene rings is 5. The van der Waals surface area contributed by atoms with E-state index in [-0.39, 0.29) is 5.92 Å². The molecule has 10 rings (SSSR count). The average Bonchev–Trinajstić information content (AvgIpc) is 4.30. The molecule has 5 aliphatic rings. The second-order valence-corrected chi connectivity index (χ2v) is 18.0. The van der Waals surface area contributed by atoms with E-state index < -0.39 is 0 Å². The molecule has 0 N–H and O–H groups in total. The molecule has 1 fully saturated rings. The van der Waals surface area contributed by atoms with Gasteiger partial charge in [0.05, 0.1) is 0 Å². The van der Waals surface area contributed by atoms with Gasteiger partial charge in [-0.05, 0) is 110 Å². The molecule has 0 nitrogen and oxygen atoms in total. The summed E-state index contributed by atoms with van der Waals surface area (Å²) in [6, 6.07) is 47.3. The SMILES string of the molecule is C1CC1.CC.CCC.CCC.CCCC.CCc1c(C2=CC(c3cccc(C4=C(c5ccccc5)c5ccccc5C5C=CC=CC45)c3)=CCC2)cccc1C1C=CC=C(c2ccccc2)C1. The highest BCUT2D eigenvalue weighted by molar-refractivity contribution is 6.03. The molecule has 5 aromatic rings. The summed E-state index contributed by atoms with van der Waals surface area (Å²) in [5.41, 5.74) is 19.3. The van der Waals surface area contributed by atoms with E-state index in [9.17, 15) is 0 Å². The third kappa shape index (κ3) is 14.2. The fourth-order valence-corrected chi connectivity index (χ4v) is 9.15. The van der Waals surface area contributed by atoms with Crippen LogP contribution in [0.2, 0.25) is 0 Å². The maximum absolute atomic E-state index is 2.49. The first-order chi connectivity index (χ1) is 33.0. The van der Waals surface area contributed by atoms with E-state index in [1.165, 1.54) is 123 Å². The van der Waals surface area contributed by atoms with Crippen molar-refractivity contribution < 1.29 is 0 Å². The lowest BCUT2D eigenvalue weighted by atomic mass is 9.67. The number of unbranched alkanes of at least 4 members (excludes halogenated alkanes) is 1. The van der Waals surface area contributed by atoms with E-state index >= 15 is 0 Å². The smallest absolute Gasteiger partial charge is 0.0137 e. The highest BCUT2D eigenvalue weighted by Crippen LogP contribution is 2.51. The molecule has 67 heavy (non-hydrogen) atoms. The summed E-state index contributed by atoms with van der Waals surface area (Å²) in [6.07, 6.45) is 35.0. The summed E-state index contributed by atoms with van der Waals surface area (Å²) in [5, 5.41) is 0. The van der Waals surface area contributed by atoms with E-state index in [0.717, 1.165) is 25.7 Å². The fraction of sp³-hybridized carbons (Fsp3) is 0.343. The Kier molecular flexibility index (Phi) is 22.2. The zero-order valence-corrected chi connectivity index (χ0v) is 42.8. The molecule has 0 heterocycles. The first-order valence-corrected chi connectivity index (χ1v) is 26.3. The number of fused-ring (bicyclic) bond motifs is 3. The zero-order valence-electron chi connectivity index (χ0n) is 42.8. The number of allylic oxidation sites excluding steroid dienone is 13. The molecule has 350 valence electrons. The number of hydrogen-bond acceptors (Lipinski definition) is 0. The van der Waals surface area contributed by atoms with Gasteiger partial charge in [-0.15, -0.1) is 0 Å². The van der Waals surface area contributed by atoms with Crippen LogP contribution < -0.4 is 0 Å². The van der Waals surface area contributed by atoms with E-state index in [2.05, 4.69) is 231 Å². The van der Waals surface area contributed by atoms with Crippen LogP contribution in [-0.4, -0.2) is 0 Å². The lowest BCUT2D eigenvalue weighted by Crippen LogP contribution is -2.21. The largest absolute Gasteiger partial charge is 0.0767 e. The van der Waals surface area contributed by atoms with Crippen molar-refractivity contribution in [2.75, 3.05) is 0 Å². The van der Waals surface area contributed by atoms with E-state index in [1.54, 1.807) is 0 Å². The van der Waals surface area contributed by atoms with Crippen molar-refractivity contribution in [2.45, 2.75) is 145 Å². The van der Waals surface area contributed by atoms with Gasteiger partial charge in [0.25, 0.3) is 0 Å². The molecule has 0 spiro atoms. The fourth-order valence-electron chi connectivity index (χ4n) is 9.15. The highest BCUT2D eigenvalue weighted by Gasteiger charge is 2.35. The summed E-state index contributed by atoms with van der Waals surface area (Å²) in [6.45, 7) is 19.2. The minimum absolute atomic E-state index is 0.276. The molecule has 0 amide bonds. The lowest BCUT2D eigenvalue weighted by molar-refractivity contribution is 0.706. The minimum Gasteiger partial charge on any atom is -0.0767 e. The molecule has 0 aromatic heterocycles. The van der Waals surface area contributed by atoms with Crippen LogP contribution in [0.15, 0.2) is 182 Å². The Bertz CT molecular complexity index is 2470. The molecule has 5 aliphatic carbocycles. The van der Waals surface area contributed by atoms with Gasteiger partial charge in [0.15, 0.2) is 0 Å². The molecular formula is C67H82. The third-order valence-corrected chi connectivity index (χ3v) is 12.4. The van der Waals surface area contributed by atoms with Crippen LogP contribution in [0.3, 0.4) is 0 Å². The van der Waals surface area contributed by atoms with Crippen LogP contribution >= 0.6 is 0 Å². The van der Waals surface area contributed by atoms with Crippen LogP contribution in [0.4, 0.5) is 0 Å². The van der Waals surface area contributed by atoms with Crippen molar-refractivity contribution in [2.24, 2.45) is 5.92 Å². The Morgan fingerprint density at radius 3 is 1.69 bits per heavy atom. The summed E-state index contributed by atoms with van der Waals surface area (Å²) >= 11 is 0. The van der Waals surface area contributed by atoms with Crippen molar-refractivity contribution in [3.05, 3.63) is 232 Å². The van der Waals surface area contributed by atoms with E-state index in [0.29, 0.717) is 11.8 Å². The van der Waals surface area contributed by atoms with Gasteiger partial charge in [-0.2, -0.15) is 0 Å². The lowest BCUT2D eigenvalue weighted by Gasteiger charge is -2.36. The molecule has 0 heteroatoms. The Balaban J connectivity index is 0.000000494. The molecule has 5 aromatic carbocycles. The Morgan fingerprint density at radius 2 is 1.04 bits per heavy atom. The Morgan fingerprint density at radius 1 is 0.493 bits per heavy atom. The zero-order chi connectivity index (χ0) is 47.8. The van der Waals surface area contributed by atoms with Crippen molar-refractivity contribution >= 4 is 27.9 Å². The minimum atomic E-state index is 0.276. The van der Waals surface area contributed by atoms with Gasteiger partial charge in [0.2, 0.25) is 0 Å². The quantitative estimate of drug-likeness (QED) is 0.146. The van der Waals surface area contributed by atoms with E-state index in [1.807, 2.05) is 13.8 Å². The summed E-state index contributed by atoms with van der Waals surface area (Å²) in [5.74, 6) is 0.981. The van der Waals surface area contributed by atoms with Gasteiger partial charge in [-0.25, -0.2) is 0 Å². The summed E-state index contributed by atoms with van der Waals surface area (Å²) in [7, 11) is 0. The van der Waals surface area contributed by atoms with Gasteiger partial charge >= 0.3 is 0 Å². The molecule has 1 saturated carbocycles. The highest BCUT2D eigenvalue weighted by atomic mass is 14.4. The second kappa shape index (κ2) is 28.5. The first kappa shape index (κ1) is 52.3. The van der Waals surface area contributed by atoms with Gasteiger partial charge in [-0.3, -0.25) is 0 Å². The normalized spacial score (nSPS) is 18.0. The van der Waals surface area contributed by atoms with Gasteiger partial charge in [0.1, 0.15) is 0 Å². The van der Waals surface area contributed by atoms with Crippen molar-refractivity contribution in [1.29, 1.82) is 0 Å². The van der Waals surface area contributed by atoms with Gasteiger partial charge < -0.3 is 0 Å². The van der Waals surface area contributed by atoms with Crippen LogP contribution in [-0.2, 0) is 6.42 Å². The molecule has 3 atom stereocenters. The van der Waals surface area contributed by atoms with Crippen molar-refractivity contribution in [1.82, 2.24) is 0 Å². The molecular weight excluding hydrogens is 805 g/mol. The van der Waals surface area contributed by atoms with Gasteiger partial charge in [-0.1, -0.05) is 283 Å². The summed E-state index contributed by atoms with van der Waals surface area (Å²) < 4.78 is 0. The molecule has 0 saturated heterocycles. The Hall–Kier alpha value is -5.72. The summed E-state index contributed by atoms with van der Waals surface area (Å²) in [4.78, 5) is 0. The topological polar surface area (TPSA) is 0 Å². The van der Waals surface area contributed by atoms with E-state index in [4.69, 9.17) is 0 Å². The number of rotatable bonds is 8. The van der Waals surface area contributed by atoms with Crippen molar-refractivity contribution in [3.8, 4) is 0 Å². The second-order valence-electron chi connectivity index (χ2n) is 18.0.